The number of hydrogen-bond acceptors (Lipinski definition) is 3. The van der Waals surface area contributed by atoms with Gasteiger partial charge in [-0.05, 0) is 62.8 Å². The van der Waals surface area contributed by atoms with E-state index in [2.05, 4.69) is 48.3 Å². The summed E-state index contributed by atoms with van der Waals surface area (Å²) in [4.78, 5) is 7.35. The quantitative estimate of drug-likeness (QED) is 0.713. The second kappa shape index (κ2) is 5.25. The molecular weight excluding hydrogens is 398 g/mol. The molecule has 4 rings (SSSR count). The van der Waals surface area contributed by atoms with Gasteiger partial charge in [-0.25, -0.2) is 4.98 Å². The van der Waals surface area contributed by atoms with Crippen molar-refractivity contribution in [2.45, 2.75) is 26.3 Å². The molecule has 0 unspecified atom stereocenters. The Morgan fingerprint density at radius 1 is 1.10 bits per heavy atom. The zero-order valence-corrected chi connectivity index (χ0v) is 15.1. The van der Waals surface area contributed by atoms with Crippen molar-refractivity contribution in [1.29, 1.82) is 0 Å². The molecule has 0 bridgehead atoms. The van der Waals surface area contributed by atoms with E-state index in [1.54, 1.807) is 0 Å². The third-order valence-electron chi connectivity index (χ3n) is 4.48. The van der Waals surface area contributed by atoms with Gasteiger partial charge in [-0.2, -0.15) is 0 Å². The number of nitrogens with zero attached hydrogens (tertiary/aromatic N) is 3. The molecule has 2 aliphatic rings. The molecule has 0 aliphatic carbocycles. The third-order valence-corrected chi connectivity index (χ3v) is 6.88. The zero-order valence-electron chi connectivity index (χ0n) is 12.0. The molecule has 0 N–H and O–H groups in total. The zero-order chi connectivity index (χ0) is 14.6. The van der Waals surface area contributed by atoms with Crippen LogP contribution in [0.15, 0.2) is 8.95 Å². The van der Waals surface area contributed by atoms with Crippen molar-refractivity contribution in [3.63, 3.8) is 0 Å². The van der Waals surface area contributed by atoms with Crippen LogP contribution >= 0.6 is 31.9 Å². The van der Waals surface area contributed by atoms with Crippen LogP contribution in [0.4, 0.5) is 5.95 Å². The van der Waals surface area contributed by atoms with Gasteiger partial charge in [-0.1, -0.05) is 0 Å². The summed E-state index contributed by atoms with van der Waals surface area (Å²) >= 11 is 7.48. The van der Waals surface area contributed by atoms with Crippen LogP contribution in [0.1, 0.15) is 17.5 Å². The minimum Gasteiger partial charge on any atom is -0.378 e. The average molecular weight is 415 g/mol. The Kier molecular flexibility index (Phi) is 3.51. The smallest absolute Gasteiger partial charge is 0.206 e. The minimum absolute atomic E-state index is 0.794. The lowest BCUT2D eigenvalue weighted by Crippen LogP contribution is -2.38. The fraction of sp³-hybridized carbons (Fsp3) is 0.533. The molecule has 0 saturated carbocycles. The number of morpholine rings is 1. The Balaban J connectivity index is 1.98. The normalized spacial score (nSPS) is 18.5. The molecule has 2 aliphatic heterocycles. The molecule has 0 amide bonds. The molecule has 0 atom stereocenters. The number of anilines is 1. The molecule has 21 heavy (non-hydrogen) atoms. The summed E-state index contributed by atoms with van der Waals surface area (Å²) in [6.45, 7) is 6.65. The number of halogens is 2. The lowest BCUT2D eigenvalue weighted by molar-refractivity contribution is 0.121. The van der Waals surface area contributed by atoms with Gasteiger partial charge in [0.15, 0.2) is 0 Å². The van der Waals surface area contributed by atoms with Gasteiger partial charge in [0.2, 0.25) is 5.95 Å². The predicted molar refractivity (Wildman–Crippen MR) is 91.2 cm³/mol. The standard InChI is InChI=1S/C15H17Br2N3O/c1-9-11(16)12(17)10-3-2-4-20-14(10)13(9)18-15(20)19-5-7-21-8-6-19/h2-8H2,1H3. The van der Waals surface area contributed by atoms with E-state index >= 15 is 0 Å². The number of hydrogen-bond donors (Lipinski definition) is 0. The van der Waals surface area contributed by atoms with Gasteiger partial charge in [0.05, 0.1) is 24.2 Å². The maximum Gasteiger partial charge on any atom is 0.206 e. The van der Waals surface area contributed by atoms with E-state index in [1.165, 1.54) is 27.5 Å². The number of benzene rings is 1. The van der Waals surface area contributed by atoms with E-state index in [4.69, 9.17) is 9.72 Å². The fourth-order valence-corrected chi connectivity index (χ4v) is 4.48. The Bertz CT molecular complexity index is 720. The first-order chi connectivity index (χ1) is 10.2. The molecule has 3 heterocycles. The minimum atomic E-state index is 0.794. The maximum absolute atomic E-state index is 5.47. The van der Waals surface area contributed by atoms with Crippen molar-refractivity contribution in [3.05, 3.63) is 20.1 Å². The number of imidazole rings is 1. The molecule has 112 valence electrons. The van der Waals surface area contributed by atoms with Crippen LogP contribution in [0.25, 0.3) is 11.0 Å². The van der Waals surface area contributed by atoms with Crippen molar-refractivity contribution in [2.75, 3.05) is 31.2 Å². The summed E-state index contributed by atoms with van der Waals surface area (Å²) < 4.78 is 10.2. The van der Waals surface area contributed by atoms with Gasteiger partial charge in [0.25, 0.3) is 0 Å². The summed E-state index contributed by atoms with van der Waals surface area (Å²) in [7, 11) is 0. The summed E-state index contributed by atoms with van der Waals surface area (Å²) in [6, 6.07) is 0. The molecule has 2 aromatic rings. The highest BCUT2D eigenvalue weighted by molar-refractivity contribution is 9.13. The van der Waals surface area contributed by atoms with Gasteiger partial charge in [0, 0.05) is 28.6 Å². The average Bonchev–Trinajstić information content (AvgIpc) is 2.92. The summed E-state index contributed by atoms with van der Waals surface area (Å²) in [5, 5.41) is 0. The molecule has 1 aromatic carbocycles. The highest BCUT2D eigenvalue weighted by atomic mass is 79.9. The van der Waals surface area contributed by atoms with E-state index in [9.17, 15) is 0 Å². The van der Waals surface area contributed by atoms with Crippen molar-refractivity contribution in [1.82, 2.24) is 9.55 Å². The van der Waals surface area contributed by atoms with Gasteiger partial charge < -0.3 is 14.2 Å². The van der Waals surface area contributed by atoms with E-state index in [0.29, 0.717) is 0 Å². The molecule has 0 spiro atoms. The SMILES string of the molecule is Cc1c(Br)c(Br)c2c3c1nc(N1CCOCC1)n3CCC2. The highest BCUT2D eigenvalue weighted by Gasteiger charge is 2.26. The molecule has 1 aromatic heterocycles. The van der Waals surface area contributed by atoms with E-state index in [-0.39, 0.29) is 0 Å². The van der Waals surface area contributed by atoms with Gasteiger partial charge in [-0.3, -0.25) is 0 Å². The van der Waals surface area contributed by atoms with Crippen molar-refractivity contribution in [2.24, 2.45) is 0 Å². The van der Waals surface area contributed by atoms with Gasteiger partial charge in [-0.15, -0.1) is 0 Å². The Morgan fingerprint density at radius 3 is 2.62 bits per heavy atom. The van der Waals surface area contributed by atoms with E-state index < -0.39 is 0 Å². The molecule has 1 fully saturated rings. The first kappa shape index (κ1) is 14.0. The number of aryl methyl sites for hydroxylation is 3. The summed E-state index contributed by atoms with van der Waals surface area (Å²) in [5.74, 6) is 1.11. The predicted octanol–water partition coefficient (Wildman–Crippen LogP) is 3.65. The maximum atomic E-state index is 5.47. The van der Waals surface area contributed by atoms with Crippen LogP contribution in [0.2, 0.25) is 0 Å². The van der Waals surface area contributed by atoms with Gasteiger partial charge >= 0.3 is 0 Å². The topological polar surface area (TPSA) is 30.3 Å². The second-order valence-corrected chi connectivity index (χ2v) is 7.28. The van der Waals surface area contributed by atoms with Gasteiger partial charge in [0.1, 0.15) is 0 Å². The van der Waals surface area contributed by atoms with Crippen LogP contribution in [0, 0.1) is 6.92 Å². The van der Waals surface area contributed by atoms with E-state index in [1.807, 2.05) is 0 Å². The molecule has 1 saturated heterocycles. The van der Waals surface area contributed by atoms with E-state index in [0.717, 1.165) is 55.2 Å². The van der Waals surface area contributed by atoms with Crippen molar-refractivity contribution >= 4 is 48.8 Å². The fourth-order valence-electron chi connectivity index (χ4n) is 3.37. The molecule has 4 nitrogen and oxygen atoms in total. The Labute approximate surface area is 140 Å². The lowest BCUT2D eigenvalue weighted by Gasteiger charge is -2.29. The van der Waals surface area contributed by atoms with Crippen molar-refractivity contribution in [3.8, 4) is 0 Å². The Hall–Kier alpha value is -0.590. The van der Waals surface area contributed by atoms with Crippen LogP contribution < -0.4 is 4.90 Å². The largest absolute Gasteiger partial charge is 0.378 e. The second-order valence-electron chi connectivity index (χ2n) is 5.70. The Morgan fingerprint density at radius 2 is 1.86 bits per heavy atom. The number of rotatable bonds is 1. The molecular formula is C15H17Br2N3O. The lowest BCUT2D eigenvalue weighted by atomic mass is 10.0. The van der Waals surface area contributed by atoms with Crippen LogP contribution in [0.3, 0.4) is 0 Å². The number of ether oxygens (including phenoxy) is 1. The first-order valence-corrected chi connectivity index (χ1v) is 8.96. The van der Waals surface area contributed by atoms with Crippen molar-refractivity contribution < 1.29 is 4.74 Å². The number of aromatic nitrogens is 2. The highest BCUT2D eigenvalue weighted by Crippen LogP contribution is 2.41. The summed E-state index contributed by atoms with van der Waals surface area (Å²) in [5.41, 5.74) is 5.06. The first-order valence-electron chi connectivity index (χ1n) is 7.38. The third kappa shape index (κ3) is 2.06. The monoisotopic (exact) mass is 413 g/mol. The molecule has 0 radical (unpaired) electrons. The van der Waals surface area contributed by atoms with Crippen LogP contribution in [-0.2, 0) is 17.7 Å². The summed E-state index contributed by atoms with van der Waals surface area (Å²) in [6.07, 6.45) is 2.29. The van der Waals surface area contributed by atoms with Crippen LogP contribution in [0.5, 0.6) is 0 Å². The van der Waals surface area contributed by atoms with Crippen LogP contribution in [-0.4, -0.2) is 35.9 Å². The molecule has 6 heteroatoms.